The second-order valence-corrected chi connectivity index (χ2v) is 16.5. The highest BCUT2D eigenvalue weighted by atomic mass is 16.4. The maximum atomic E-state index is 6.69. The Bertz CT molecular complexity index is 3840. The van der Waals surface area contributed by atoms with Crippen molar-refractivity contribution in [3.8, 4) is 39.1 Å². The summed E-state index contributed by atoms with van der Waals surface area (Å²) >= 11 is 0. The number of benzene rings is 10. The van der Waals surface area contributed by atoms with Crippen LogP contribution in [0.15, 0.2) is 239 Å². The first-order valence-electron chi connectivity index (χ1n) is 21.7. The summed E-state index contributed by atoms with van der Waals surface area (Å²) in [5, 5.41) is 6.58. The fourth-order valence-electron chi connectivity index (χ4n) is 9.84. The Kier molecular flexibility index (Phi) is 8.18. The summed E-state index contributed by atoms with van der Waals surface area (Å²) in [7, 11) is 0. The largest absolute Gasteiger partial charge is 0.452 e. The molecule has 0 aliphatic rings. The van der Waals surface area contributed by atoms with Gasteiger partial charge in [-0.2, -0.15) is 0 Å². The van der Waals surface area contributed by atoms with E-state index in [0.29, 0.717) is 0 Å². The molecule has 3 aromatic heterocycles. The Morgan fingerprint density at radius 3 is 1.59 bits per heavy atom. The lowest BCUT2D eigenvalue weighted by Gasteiger charge is -2.27. The Morgan fingerprint density at radius 2 is 0.859 bits per heavy atom. The van der Waals surface area contributed by atoms with Gasteiger partial charge < -0.3 is 18.3 Å². The molecule has 4 heteroatoms. The molecular formula is C60H38N2O2. The number of rotatable bonds is 7. The van der Waals surface area contributed by atoms with E-state index in [9.17, 15) is 0 Å². The van der Waals surface area contributed by atoms with Gasteiger partial charge in [-0.3, -0.25) is 0 Å². The third-order valence-electron chi connectivity index (χ3n) is 12.7. The van der Waals surface area contributed by atoms with Crippen molar-refractivity contribution in [1.29, 1.82) is 0 Å². The van der Waals surface area contributed by atoms with Gasteiger partial charge in [0, 0.05) is 55.1 Å². The van der Waals surface area contributed by atoms with E-state index in [0.717, 1.165) is 106 Å². The van der Waals surface area contributed by atoms with Gasteiger partial charge in [0.1, 0.15) is 11.2 Å². The minimum atomic E-state index is 0.760. The molecule has 64 heavy (non-hydrogen) atoms. The van der Waals surface area contributed by atoms with Crippen LogP contribution in [-0.2, 0) is 0 Å². The number of nitrogens with zero attached hydrogens (tertiary/aromatic N) is 2. The Labute approximate surface area is 369 Å². The monoisotopic (exact) mass is 818 g/mol. The zero-order valence-electron chi connectivity index (χ0n) is 34.7. The molecule has 0 atom stereocenters. The van der Waals surface area contributed by atoms with Crippen molar-refractivity contribution in [2.75, 3.05) is 4.90 Å². The van der Waals surface area contributed by atoms with Crippen molar-refractivity contribution >= 4 is 82.7 Å². The zero-order valence-corrected chi connectivity index (χ0v) is 34.7. The first-order chi connectivity index (χ1) is 31.7. The molecule has 0 spiro atoms. The molecule has 3 heterocycles. The van der Waals surface area contributed by atoms with Crippen LogP contribution in [0, 0.1) is 0 Å². The SMILES string of the molecule is c1ccc(-c2cc(-c3ccccc3)cc(N(c3cccc(-c4cc5c6ccccc6oc5c5oc6ccccc6c45)c3)c3ccc4c(c3)c3ccccc3n4-c3ccccc3)c2)cc1. The van der Waals surface area contributed by atoms with Crippen molar-refractivity contribution in [1.82, 2.24) is 4.57 Å². The number of aromatic nitrogens is 1. The van der Waals surface area contributed by atoms with Crippen molar-refractivity contribution in [3.63, 3.8) is 0 Å². The topological polar surface area (TPSA) is 34.5 Å². The third kappa shape index (κ3) is 5.77. The third-order valence-corrected chi connectivity index (χ3v) is 12.7. The van der Waals surface area contributed by atoms with E-state index in [1.807, 2.05) is 24.3 Å². The minimum Gasteiger partial charge on any atom is -0.452 e. The molecule has 13 rings (SSSR count). The van der Waals surface area contributed by atoms with Crippen LogP contribution in [0.3, 0.4) is 0 Å². The molecule has 0 bridgehead atoms. The van der Waals surface area contributed by atoms with E-state index in [1.54, 1.807) is 0 Å². The molecule has 0 radical (unpaired) electrons. The quantitative estimate of drug-likeness (QED) is 0.161. The predicted octanol–water partition coefficient (Wildman–Crippen LogP) is 17.1. The molecule has 10 aromatic carbocycles. The molecule has 4 nitrogen and oxygen atoms in total. The van der Waals surface area contributed by atoms with Crippen molar-refractivity contribution in [2.45, 2.75) is 0 Å². The number of furan rings is 2. The van der Waals surface area contributed by atoms with Gasteiger partial charge in [0.2, 0.25) is 0 Å². The lowest BCUT2D eigenvalue weighted by atomic mass is 9.95. The maximum Gasteiger partial charge on any atom is 0.179 e. The van der Waals surface area contributed by atoms with E-state index >= 15 is 0 Å². The van der Waals surface area contributed by atoms with Crippen molar-refractivity contribution in [3.05, 3.63) is 231 Å². The van der Waals surface area contributed by atoms with Gasteiger partial charge in [-0.05, 0) is 118 Å². The molecule has 0 fully saturated rings. The number of para-hydroxylation sites is 4. The van der Waals surface area contributed by atoms with E-state index in [-0.39, 0.29) is 0 Å². The van der Waals surface area contributed by atoms with Crippen LogP contribution < -0.4 is 4.90 Å². The summed E-state index contributed by atoms with van der Waals surface area (Å²) in [5.41, 5.74) is 16.6. The minimum absolute atomic E-state index is 0.760. The highest BCUT2D eigenvalue weighted by Crippen LogP contribution is 2.47. The van der Waals surface area contributed by atoms with Crippen LogP contribution in [0.5, 0.6) is 0 Å². The van der Waals surface area contributed by atoms with Gasteiger partial charge in [-0.25, -0.2) is 0 Å². The zero-order chi connectivity index (χ0) is 42.1. The molecule has 0 aliphatic heterocycles. The molecule has 0 unspecified atom stereocenters. The number of hydrogen-bond acceptors (Lipinski definition) is 3. The van der Waals surface area contributed by atoms with Gasteiger partial charge in [-0.15, -0.1) is 0 Å². The number of anilines is 3. The van der Waals surface area contributed by atoms with Crippen LogP contribution in [0.1, 0.15) is 0 Å². The Morgan fingerprint density at radius 1 is 0.312 bits per heavy atom. The summed E-state index contributed by atoms with van der Waals surface area (Å²) in [4.78, 5) is 2.42. The molecule has 0 N–H and O–H groups in total. The molecule has 0 saturated heterocycles. The van der Waals surface area contributed by atoms with Gasteiger partial charge in [-0.1, -0.05) is 146 Å². The molecule has 13 aromatic rings. The summed E-state index contributed by atoms with van der Waals surface area (Å²) in [6, 6.07) is 82.5. The molecule has 0 amide bonds. The van der Waals surface area contributed by atoms with Gasteiger partial charge >= 0.3 is 0 Å². The fourth-order valence-corrected chi connectivity index (χ4v) is 9.84. The highest BCUT2D eigenvalue weighted by molar-refractivity contribution is 6.24. The summed E-state index contributed by atoms with van der Waals surface area (Å²) < 4.78 is 15.6. The summed E-state index contributed by atoms with van der Waals surface area (Å²) in [5.74, 6) is 0. The van der Waals surface area contributed by atoms with E-state index < -0.39 is 0 Å². The maximum absolute atomic E-state index is 6.69. The first kappa shape index (κ1) is 36.1. The average molecular weight is 819 g/mol. The lowest BCUT2D eigenvalue weighted by Crippen LogP contribution is -2.10. The van der Waals surface area contributed by atoms with Gasteiger partial charge in [0.25, 0.3) is 0 Å². The highest BCUT2D eigenvalue weighted by Gasteiger charge is 2.23. The van der Waals surface area contributed by atoms with Crippen LogP contribution >= 0.6 is 0 Å². The molecule has 0 saturated carbocycles. The molecule has 300 valence electrons. The first-order valence-corrected chi connectivity index (χ1v) is 21.7. The predicted molar refractivity (Wildman–Crippen MR) is 266 cm³/mol. The fraction of sp³-hybridized carbons (Fsp3) is 0. The second-order valence-electron chi connectivity index (χ2n) is 16.5. The van der Waals surface area contributed by atoms with Crippen LogP contribution in [0.2, 0.25) is 0 Å². The van der Waals surface area contributed by atoms with Gasteiger partial charge in [0.15, 0.2) is 11.2 Å². The van der Waals surface area contributed by atoms with Crippen molar-refractivity contribution in [2.24, 2.45) is 0 Å². The summed E-state index contributed by atoms with van der Waals surface area (Å²) in [6.07, 6.45) is 0. The molecule has 0 aliphatic carbocycles. The Balaban J connectivity index is 1.09. The Hall–Kier alpha value is -8.60. The number of fused-ring (bicyclic) bond motifs is 10. The summed E-state index contributed by atoms with van der Waals surface area (Å²) in [6.45, 7) is 0. The normalized spacial score (nSPS) is 11.8. The van der Waals surface area contributed by atoms with Crippen molar-refractivity contribution < 1.29 is 8.83 Å². The standard InChI is InChI=1S/C60H38N2O2/c1-4-17-39(18-5-1)42-33-43(40-19-6-2-7-20-40)36-47(35-42)61(46-31-32-55-52(37-46)48-25-10-13-28-54(48)62(55)44-22-8-3-9-23-44)45-24-16-21-41(34-45)51-38-53-49-26-11-14-29-56(49)63-59(53)60-58(51)50-27-12-15-30-57(50)64-60/h1-38H. The second kappa shape index (κ2) is 14.5. The van der Waals surface area contributed by atoms with Gasteiger partial charge in [0.05, 0.1) is 11.0 Å². The smallest absolute Gasteiger partial charge is 0.179 e. The van der Waals surface area contributed by atoms with E-state index in [1.165, 1.54) is 16.3 Å². The average Bonchev–Trinajstić information content (AvgIpc) is 4.05. The van der Waals surface area contributed by atoms with E-state index in [2.05, 4.69) is 216 Å². The van der Waals surface area contributed by atoms with Crippen LogP contribution in [0.4, 0.5) is 17.1 Å². The molecular weight excluding hydrogens is 781 g/mol. The van der Waals surface area contributed by atoms with E-state index in [4.69, 9.17) is 8.83 Å². The lowest BCUT2D eigenvalue weighted by molar-refractivity contribution is 0.633. The van der Waals surface area contributed by atoms with Crippen LogP contribution in [-0.4, -0.2) is 4.57 Å². The number of hydrogen-bond donors (Lipinski definition) is 0. The van der Waals surface area contributed by atoms with Crippen LogP contribution in [0.25, 0.3) is 105 Å².